The number of nitrogens with zero attached hydrogens (tertiary/aromatic N) is 1. The van der Waals surface area contributed by atoms with Crippen molar-refractivity contribution in [3.8, 4) is 11.3 Å². The van der Waals surface area contributed by atoms with Crippen LogP contribution in [0.1, 0.15) is 16.1 Å². The summed E-state index contributed by atoms with van der Waals surface area (Å²) in [5.41, 5.74) is 0.758. The first-order valence-corrected chi connectivity index (χ1v) is 5.13. The highest BCUT2D eigenvalue weighted by Gasteiger charge is 2.13. The first-order chi connectivity index (χ1) is 8.56. The molecule has 0 radical (unpaired) electrons. The van der Waals surface area contributed by atoms with Crippen LogP contribution in [0.2, 0.25) is 0 Å². The SMILES string of the molecule is O=C(O)c1cc(-c2cccc(CC(F)F)c2)on1. The van der Waals surface area contributed by atoms with Gasteiger partial charge in [-0.15, -0.1) is 0 Å². The molecule has 18 heavy (non-hydrogen) atoms. The molecule has 0 aliphatic rings. The van der Waals surface area contributed by atoms with Gasteiger partial charge >= 0.3 is 5.97 Å². The number of hydrogen-bond acceptors (Lipinski definition) is 3. The topological polar surface area (TPSA) is 63.3 Å². The number of alkyl halides is 2. The Hall–Kier alpha value is -2.24. The van der Waals surface area contributed by atoms with Crippen LogP contribution in [0.4, 0.5) is 8.78 Å². The van der Waals surface area contributed by atoms with Crippen molar-refractivity contribution in [1.82, 2.24) is 5.16 Å². The second-order valence-corrected chi connectivity index (χ2v) is 3.68. The van der Waals surface area contributed by atoms with Crippen LogP contribution in [0.5, 0.6) is 0 Å². The zero-order valence-corrected chi connectivity index (χ0v) is 9.14. The van der Waals surface area contributed by atoms with Crippen LogP contribution in [0.25, 0.3) is 11.3 Å². The maximum absolute atomic E-state index is 12.3. The average molecular weight is 253 g/mol. The van der Waals surface area contributed by atoms with E-state index in [0.29, 0.717) is 11.1 Å². The minimum absolute atomic E-state index is 0.218. The van der Waals surface area contributed by atoms with Crippen LogP contribution in [0.3, 0.4) is 0 Å². The molecule has 0 saturated carbocycles. The summed E-state index contributed by atoms with van der Waals surface area (Å²) in [6.07, 6.45) is -2.78. The summed E-state index contributed by atoms with van der Waals surface area (Å²) in [5.74, 6) is -0.961. The quantitative estimate of drug-likeness (QED) is 0.909. The number of carbonyl (C=O) groups is 1. The molecule has 0 atom stereocenters. The fraction of sp³-hybridized carbons (Fsp3) is 0.167. The average Bonchev–Trinajstić information content (AvgIpc) is 2.77. The molecular weight excluding hydrogens is 244 g/mol. The van der Waals surface area contributed by atoms with Crippen molar-refractivity contribution in [3.63, 3.8) is 0 Å². The van der Waals surface area contributed by atoms with E-state index in [0.717, 1.165) is 0 Å². The van der Waals surface area contributed by atoms with E-state index in [1.54, 1.807) is 18.2 Å². The summed E-state index contributed by atoms with van der Waals surface area (Å²) in [5, 5.41) is 12.1. The van der Waals surface area contributed by atoms with E-state index in [1.807, 2.05) is 0 Å². The monoisotopic (exact) mass is 253 g/mol. The van der Waals surface area contributed by atoms with Crippen molar-refractivity contribution in [2.24, 2.45) is 0 Å². The molecule has 1 heterocycles. The highest BCUT2D eigenvalue weighted by Crippen LogP contribution is 2.22. The molecule has 0 spiro atoms. The molecule has 2 aromatic rings. The van der Waals surface area contributed by atoms with Crippen molar-refractivity contribution >= 4 is 5.97 Å². The second kappa shape index (κ2) is 4.95. The summed E-state index contributed by atoms with van der Waals surface area (Å²) in [6, 6.07) is 7.60. The van der Waals surface area contributed by atoms with Gasteiger partial charge in [-0.1, -0.05) is 23.4 Å². The van der Waals surface area contributed by atoms with E-state index in [2.05, 4.69) is 5.16 Å². The lowest BCUT2D eigenvalue weighted by Crippen LogP contribution is -1.96. The fourth-order valence-corrected chi connectivity index (χ4v) is 1.54. The Morgan fingerprint density at radius 1 is 1.39 bits per heavy atom. The highest BCUT2D eigenvalue weighted by atomic mass is 19.3. The summed E-state index contributed by atoms with van der Waals surface area (Å²) in [4.78, 5) is 10.6. The minimum Gasteiger partial charge on any atom is -0.476 e. The lowest BCUT2D eigenvalue weighted by Gasteiger charge is -2.01. The molecule has 94 valence electrons. The number of carboxylic acids is 1. The number of aromatic nitrogens is 1. The molecule has 0 fully saturated rings. The van der Waals surface area contributed by atoms with Crippen LogP contribution in [0, 0.1) is 0 Å². The molecule has 0 amide bonds. The van der Waals surface area contributed by atoms with E-state index in [1.165, 1.54) is 12.1 Å². The molecule has 0 aliphatic heterocycles. The molecule has 6 heteroatoms. The van der Waals surface area contributed by atoms with E-state index in [9.17, 15) is 13.6 Å². The number of aromatic carboxylic acids is 1. The predicted octanol–water partition coefficient (Wildman–Crippen LogP) is 2.85. The lowest BCUT2D eigenvalue weighted by atomic mass is 10.1. The number of halogens is 2. The van der Waals surface area contributed by atoms with Gasteiger partial charge in [0.2, 0.25) is 6.43 Å². The first kappa shape index (κ1) is 12.2. The van der Waals surface area contributed by atoms with Gasteiger partial charge in [-0.2, -0.15) is 0 Å². The van der Waals surface area contributed by atoms with E-state index in [-0.39, 0.29) is 17.9 Å². The minimum atomic E-state index is -2.43. The van der Waals surface area contributed by atoms with Crippen LogP contribution in [0.15, 0.2) is 34.9 Å². The smallest absolute Gasteiger partial charge is 0.358 e. The van der Waals surface area contributed by atoms with Gasteiger partial charge in [-0.05, 0) is 11.6 Å². The van der Waals surface area contributed by atoms with Crippen LogP contribution in [-0.4, -0.2) is 22.7 Å². The van der Waals surface area contributed by atoms with Crippen molar-refractivity contribution in [1.29, 1.82) is 0 Å². The van der Waals surface area contributed by atoms with Crippen molar-refractivity contribution < 1.29 is 23.2 Å². The number of benzene rings is 1. The third-order valence-corrected chi connectivity index (χ3v) is 2.33. The normalized spacial score (nSPS) is 10.8. The molecule has 0 aliphatic carbocycles. The van der Waals surface area contributed by atoms with Crippen LogP contribution < -0.4 is 0 Å². The largest absolute Gasteiger partial charge is 0.476 e. The molecule has 0 bridgehead atoms. The van der Waals surface area contributed by atoms with Gasteiger partial charge < -0.3 is 9.63 Å². The maximum Gasteiger partial charge on any atom is 0.358 e. The summed E-state index contributed by atoms with van der Waals surface area (Å²) < 4.78 is 29.4. The second-order valence-electron chi connectivity index (χ2n) is 3.68. The third-order valence-electron chi connectivity index (χ3n) is 2.33. The molecule has 4 nitrogen and oxygen atoms in total. The Morgan fingerprint density at radius 3 is 2.78 bits per heavy atom. The molecule has 2 rings (SSSR count). The molecule has 0 unspecified atom stereocenters. The first-order valence-electron chi connectivity index (χ1n) is 5.13. The number of rotatable bonds is 4. The van der Waals surface area contributed by atoms with Gasteiger partial charge in [-0.25, -0.2) is 13.6 Å². The van der Waals surface area contributed by atoms with Gasteiger partial charge in [0.15, 0.2) is 11.5 Å². The zero-order valence-electron chi connectivity index (χ0n) is 9.14. The Morgan fingerprint density at radius 2 is 2.17 bits per heavy atom. The maximum atomic E-state index is 12.3. The number of carboxylic acid groups (broad SMARTS) is 1. The molecular formula is C12H9F2NO3. The Bertz CT molecular complexity index is 566. The van der Waals surface area contributed by atoms with Gasteiger partial charge in [0.1, 0.15) is 0 Å². The summed E-state index contributed by atoms with van der Waals surface area (Å²) in [6.45, 7) is 0. The van der Waals surface area contributed by atoms with Gasteiger partial charge in [-0.3, -0.25) is 0 Å². The van der Waals surface area contributed by atoms with Crippen LogP contribution in [-0.2, 0) is 6.42 Å². The fourth-order valence-electron chi connectivity index (χ4n) is 1.54. The zero-order chi connectivity index (χ0) is 13.1. The Labute approximate surface area is 101 Å². The van der Waals surface area contributed by atoms with Gasteiger partial charge in [0.25, 0.3) is 0 Å². The lowest BCUT2D eigenvalue weighted by molar-refractivity contribution is 0.0685. The Kier molecular flexibility index (Phi) is 3.36. The van der Waals surface area contributed by atoms with E-state index in [4.69, 9.17) is 9.63 Å². The van der Waals surface area contributed by atoms with Gasteiger partial charge in [0, 0.05) is 18.1 Å². The number of hydrogen-bond donors (Lipinski definition) is 1. The molecule has 0 saturated heterocycles. The van der Waals surface area contributed by atoms with Gasteiger partial charge in [0.05, 0.1) is 0 Å². The third kappa shape index (κ3) is 2.71. The molecule has 1 aromatic carbocycles. The molecule has 1 aromatic heterocycles. The molecule has 1 N–H and O–H groups in total. The Balaban J connectivity index is 2.29. The predicted molar refractivity (Wildman–Crippen MR) is 58.6 cm³/mol. The summed E-state index contributed by atoms with van der Waals surface area (Å²) in [7, 11) is 0. The summed E-state index contributed by atoms with van der Waals surface area (Å²) >= 11 is 0. The standard InChI is InChI=1S/C12H9F2NO3/c13-11(14)5-7-2-1-3-8(4-7)10-6-9(12(16)17)15-18-10/h1-4,6,11H,5H2,(H,16,17). The van der Waals surface area contributed by atoms with Crippen molar-refractivity contribution in [3.05, 3.63) is 41.6 Å². The van der Waals surface area contributed by atoms with E-state index >= 15 is 0 Å². The van der Waals surface area contributed by atoms with Crippen LogP contribution >= 0.6 is 0 Å². The van der Waals surface area contributed by atoms with Crippen molar-refractivity contribution in [2.45, 2.75) is 12.8 Å². The van der Waals surface area contributed by atoms with Crippen molar-refractivity contribution in [2.75, 3.05) is 0 Å². The highest BCUT2D eigenvalue weighted by molar-refractivity contribution is 5.86. The van der Waals surface area contributed by atoms with E-state index < -0.39 is 12.4 Å².